The van der Waals surface area contributed by atoms with E-state index < -0.39 is 15.7 Å². The van der Waals surface area contributed by atoms with E-state index in [0.29, 0.717) is 31.6 Å². The van der Waals surface area contributed by atoms with E-state index in [1.807, 2.05) is 30.3 Å². The molecule has 1 aromatic carbocycles. The second-order valence-corrected chi connectivity index (χ2v) is 10.4. The summed E-state index contributed by atoms with van der Waals surface area (Å²) >= 11 is 0. The zero-order valence-corrected chi connectivity index (χ0v) is 18.2. The molecule has 0 radical (unpaired) electrons. The van der Waals surface area contributed by atoms with Gasteiger partial charge in [-0.05, 0) is 23.1 Å². The van der Waals surface area contributed by atoms with Gasteiger partial charge in [0.25, 0.3) is 11.5 Å². The van der Waals surface area contributed by atoms with Gasteiger partial charge in [-0.25, -0.2) is 8.42 Å². The summed E-state index contributed by atoms with van der Waals surface area (Å²) in [5.74, 6) is -0.663. The molecule has 2 aliphatic rings. The predicted octanol–water partition coefficient (Wildman–Crippen LogP) is 0.672. The van der Waals surface area contributed by atoms with E-state index >= 15 is 0 Å². The van der Waals surface area contributed by atoms with Crippen LogP contribution in [0.25, 0.3) is 0 Å². The Labute approximate surface area is 181 Å². The van der Waals surface area contributed by atoms with Crippen molar-refractivity contribution in [3.63, 3.8) is 0 Å². The molecule has 0 saturated carbocycles. The van der Waals surface area contributed by atoms with Crippen molar-refractivity contribution in [2.45, 2.75) is 26.4 Å². The molecule has 0 spiro atoms. The van der Waals surface area contributed by atoms with Gasteiger partial charge in [0, 0.05) is 39.3 Å². The Bertz CT molecular complexity index is 1170. The number of hydrogen-bond donors (Lipinski definition) is 0. The quantitative estimate of drug-likeness (QED) is 0.695. The van der Waals surface area contributed by atoms with Crippen molar-refractivity contribution in [2.75, 3.05) is 31.1 Å². The molecule has 1 fully saturated rings. The summed E-state index contributed by atoms with van der Waals surface area (Å²) in [5.41, 5.74) is 2.11. The number of nitrogens with zero attached hydrogens (tertiary/aromatic N) is 3. The first-order valence-electron chi connectivity index (χ1n) is 10.3. The first-order chi connectivity index (χ1) is 14.7. The largest absolute Gasteiger partial charge is 0.338 e. The number of carbonyl (C=O) groups is 2. The molecule has 1 aromatic heterocycles. The summed E-state index contributed by atoms with van der Waals surface area (Å²) in [6.07, 6.45) is 2.17. The number of aromatic nitrogens is 1. The maximum atomic E-state index is 13.4. The van der Waals surface area contributed by atoms with Gasteiger partial charge in [0.1, 0.15) is 5.56 Å². The van der Waals surface area contributed by atoms with Gasteiger partial charge in [-0.2, -0.15) is 0 Å². The van der Waals surface area contributed by atoms with Crippen molar-refractivity contribution >= 4 is 21.7 Å². The Balaban J connectivity index is 1.76. The molecule has 3 heterocycles. The van der Waals surface area contributed by atoms with Crippen molar-refractivity contribution in [3.8, 4) is 0 Å². The van der Waals surface area contributed by atoms with Crippen molar-refractivity contribution in [3.05, 3.63) is 69.1 Å². The third-order valence-corrected chi connectivity index (χ3v) is 7.56. The molecule has 0 atom stereocenters. The highest BCUT2D eigenvalue weighted by Crippen LogP contribution is 2.23. The average molecular weight is 444 g/mol. The van der Waals surface area contributed by atoms with Gasteiger partial charge >= 0.3 is 0 Å². The fourth-order valence-corrected chi connectivity index (χ4v) is 5.37. The molecule has 0 unspecified atom stereocenters. The van der Waals surface area contributed by atoms with Gasteiger partial charge in [-0.3, -0.25) is 14.4 Å². The number of amides is 2. The third-order valence-electron chi connectivity index (χ3n) is 5.96. The van der Waals surface area contributed by atoms with Gasteiger partial charge in [0.15, 0.2) is 9.84 Å². The lowest BCUT2D eigenvalue weighted by Crippen LogP contribution is -2.47. The molecule has 0 aliphatic carbocycles. The van der Waals surface area contributed by atoms with Crippen LogP contribution < -0.4 is 5.56 Å². The van der Waals surface area contributed by atoms with E-state index in [0.717, 1.165) is 11.1 Å². The van der Waals surface area contributed by atoms with Gasteiger partial charge in [0.2, 0.25) is 5.91 Å². The molecule has 4 rings (SSSR count). The molecular formula is C22H25N3O5S. The summed E-state index contributed by atoms with van der Waals surface area (Å²) in [7, 11) is -3.15. The van der Waals surface area contributed by atoms with Crippen LogP contribution in [0.2, 0.25) is 0 Å². The maximum absolute atomic E-state index is 13.4. The monoisotopic (exact) mass is 443 g/mol. The number of fused-ring (bicyclic) bond motifs is 1. The number of carbonyl (C=O) groups excluding carboxylic acids is 2. The Morgan fingerprint density at radius 1 is 1.00 bits per heavy atom. The van der Waals surface area contributed by atoms with Crippen molar-refractivity contribution < 1.29 is 18.0 Å². The van der Waals surface area contributed by atoms with E-state index in [4.69, 9.17) is 0 Å². The Kier molecular flexibility index (Phi) is 5.70. The molecule has 0 N–H and O–H groups in total. The first-order valence-corrected chi connectivity index (χ1v) is 12.1. The molecule has 8 nitrogen and oxygen atoms in total. The summed E-state index contributed by atoms with van der Waals surface area (Å²) in [5, 5.41) is 0. The fraction of sp³-hybridized carbons (Fsp3) is 0.409. The molecular weight excluding hydrogens is 418 g/mol. The zero-order chi connectivity index (χ0) is 22.2. The van der Waals surface area contributed by atoms with Crippen LogP contribution in [0.3, 0.4) is 0 Å². The minimum absolute atomic E-state index is 0.0550. The summed E-state index contributed by atoms with van der Waals surface area (Å²) in [6, 6.07) is 9.48. The minimum Gasteiger partial charge on any atom is -0.338 e. The number of pyridine rings is 1. The van der Waals surface area contributed by atoms with Gasteiger partial charge in [0.05, 0.1) is 18.1 Å². The summed E-state index contributed by atoms with van der Waals surface area (Å²) < 4.78 is 25.1. The SMILES string of the molecule is CC(=O)N1CCc2c(cn(Cc3ccccc3)c(=O)c2C(=O)N2CCS(=O)(=O)CC2)C1. The highest BCUT2D eigenvalue weighted by atomic mass is 32.2. The summed E-state index contributed by atoms with van der Waals surface area (Å²) in [6.45, 7) is 2.77. The predicted molar refractivity (Wildman–Crippen MR) is 116 cm³/mol. The van der Waals surface area contributed by atoms with Crippen LogP contribution in [0.5, 0.6) is 0 Å². The van der Waals surface area contributed by atoms with Gasteiger partial charge < -0.3 is 14.4 Å². The highest BCUT2D eigenvalue weighted by Gasteiger charge is 2.32. The molecule has 164 valence electrons. The lowest BCUT2D eigenvalue weighted by Gasteiger charge is -2.32. The van der Waals surface area contributed by atoms with E-state index in [9.17, 15) is 22.8 Å². The molecule has 9 heteroatoms. The first kappa shape index (κ1) is 21.3. The minimum atomic E-state index is -3.15. The van der Waals surface area contributed by atoms with Crippen LogP contribution >= 0.6 is 0 Å². The number of hydrogen-bond acceptors (Lipinski definition) is 5. The molecule has 31 heavy (non-hydrogen) atoms. The molecule has 2 aromatic rings. The lowest BCUT2D eigenvalue weighted by molar-refractivity contribution is -0.129. The fourth-order valence-electron chi connectivity index (χ4n) is 4.17. The topological polar surface area (TPSA) is 96.8 Å². The van der Waals surface area contributed by atoms with Crippen LogP contribution in [0.4, 0.5) is 0 Å². The summed E-state index contributed by atoms with van der Waals surface area (Å²) in [4.78, 5) is 41.8. The normalized spacial score (nSPS) is 17.8. The lowest BCUT2D eigenvalue weighted by atomic mass is 9.95. The highest BCUT2D eigenvalue weighted by molar-refractivity contribution is 7.91. The van der Waals surface area contributed by atoms with Crippen molar-refractivity contribution in [1.29, 1.82) is 0 Å². The zero-order valence-electron chi connectivity index (χ0n) is 17.4. The molecule has 0 bridgehead atoms. The third kappa shape index (κ3) is 4.41. The number of rotatable bonds is 3. The Hall–Kier alpha value is -2.94. The Morgan fingerprint density at radius 3 is 2.32 bits per heavy atom. The van der Waals surface area contributed by atoms with Crippen LogP contribution in [0, 0.1) is 0 Å². The number of sulfone groups is 1. The van der Waals surface area contributed by atoms with Gasteiger partial charge in [-0.15, -0.1) is 0 Å². The van der Waals surface area contributed by atoms with E-state index in [2.05, 4.69) is 0 Å². The van der Waals surface area contributed by atoms with E-state index in [1.165, 1.54) is 16.4 Å². The van der Waals surface area contributed by atoms with Crippen molar-refractivity contribution in [2.24, 2.45) is 0 Å². The van der Waals surface area contributed by atoms with Gasteiger partial charge in [-0.1, -0.05) is 30.3 Å². The molecule has 2 aliphatic heterocycles. The second kappa shape index (κ2) is 8.30. The van der Waals surface area contributed by atoms with Crippen LogP contribution in [-0.4, -0.2) is 65.7 Å². The van der Waals surface area contributed by atoms with Crippen LogP contribution in [0.1, 0.15) is 34.0 Å². The van der Waals surface area contributed by atoms with Crippen LogP contribution in [0.15, 0.2) is 41.3 Å². The van der Waals surface area contributed by atoms with E-state index in [1.54, 1.807) is 11.1 Å². The van der Waals surface area contributed by atoms with Crippen molar-refractivity contribution in [1.82, 2.24) is 14.4 Å². The average Bonchev–Trinajstić information content (AvgIpc) is 2.74. The molecule has 2 amide bonds. The second-order valence-electron chi connectivity index (χ2n) is 8.06. The Morgan fingerprint density at radius 2 is 1.68 bits per heavy atom. The standard InChI is InChI=1S/C22H25N3O5S/c1-16(26)24-8-7-19-18(14-24)15-25(13-17-5-3-2-4-6-17)22(28)20(19)21(27)23-9-11-31(29,30)12-10-23/h2-6,15H,7-14H2,1H3. The molecule has 1 saturated heterocycles. The van der Waals surface area contributed by atoms with E-state index in [-0.39, 0.29) is 41.6 Å². The maximum Gasteiger partial charge on any atom is 0.264 e. The number of benzene rings is 1. The van der Waals surface area contributed by atoms with Crippen LogP contribution in [-0.2, 0) is 34.1 Å². The smallest absolute Gasteiger partial charge is 0.264 e.